The summed E-state index contributed by atoms with van der Waals surface area (Å²) in [6.07, 6.45) is -1.88. The monoisotopic (exact) mass is 538 g/mol. The third kappa shape index (κ3) is 8.11. The van der Waals surface area contributed by atoms with Crippen molar-refractivity contribution >= 4 is 29.9 Å². The highest BCUT2D eigenvalue weighted by Gasteiger charge is 2.30. The first-order valence-electron chi connectivity index (χ1n) is 9.78. The Morgan fingerprint density at radius 3 is 2.60 bits per heavy atom. The summed E-state index contributed by atoms with van der Waals surface area (Å²) < 4.78 is 40.7. The van der Waals surface area contributed by atoms with Gasteiger partial charge in [-0.1, -0.05) is 32.9 Å². The molecule has 0 fully saturated rings. The number of halogens is 4. The number of hydrogen-bond donors (Lipinski definition) is 2. The molecule has 0 aliphatic rings. The van der Waals surface area contributed by atoms with E-state index < -0.39 is 11.7 Å². The number of aliphatic imine (C=N–C) groups is 1. The minimum atomic E-state index is -4.36. The summed E-state index contributed by atoms with van der Waals surface area (Å²) in [5.74, 6) is 1.84. The topological polar surface area (TPSA) is 67.1 Å². The zero-order valence-electron chi connectivity index (χ0n) is 17.7. The van der Waals surface area contributed by atoms with Gasteiger partial charge in [-0.2, -0.15) is 13.2 Å². The van der Waals surface area contributed by atoms with E-state index in [1.807, 2.05) is 18.4 Å². The minimum Gasteiger partial charge on any atom is -0.355 e. The van der Waals surface area contributed by atoms with Crippen LogP contribution in [0.25, 0.3) is 0 Å². The summed E-state index contributed by atoms with van der Waals surface area (Å²) >= 11 is 0. The molecule has 0 aliphatic carbocycles. The van der Waals surface area contributed by atoms with Crippen molar-refractivity contribution in [2.75, 3.05) is 6.54 Å². The predicted molar refractivity (Wildman–Crippen MR) is 123 cm³/mol. The zero-order valence-corrected chi connectivity index (χ0v) is 20.0. The third-order valence-electron chi connectivity index (χ3n) is 4.70. The maximum atomic E-state index is 12.9. The van der Waals surface area contributed by atoms with Crippen LogP contribution in [-0.4, -0.2) is 33.3 Å². The lowest BCUT2D eigenvalue weighted by Crippen LogP contribution is -2.45. The summed E-state index contributed by atoms with van der Waals surface area (Å²) in [5, 5.41) is 14.5. The standard InChI is InChI=1S/C20H29F3N6.HI/c1-5-18-28-26-13-29(18)10-9-24-19(27-15(4)14(2)3)25-12-16-7-6-8-17(11-16)20(21,22)23;/h6-8,11,13-15H,5,9-10,12H2,1-4H3,(H2,24,25,27);1H. The van der Waals surface area contributed by atoms with Crippen molar-refractivity contribution in [3.63, 3.8) is 0 Å². The van der Waals surface area contributed by atoms with E-state index in [0.29, 0.717) is 30.5 Å². The van der Waals surface area contributed by atoms with Crippen LogP contribution in [0.2, 0.25) is 0 Å². The van der Waals surface area contributed by atoms with E-state index in [9.17, 15) is 13.2 Å². The van der Waals surface area contributed by atoms with E-state index >= 15 is 0 Å². The molecule has 0 saturated carbocycles. The first-order valence-corrected chi connectivity index (χ1v) is 9.78. The molecule has 10 heteroatoms. The third-order valence-corrected chi connectivity index (χ3v) is 4.70. The first kappa shape index (κ1) is 26.2. The van der Waals surface area contributed by atoms with E-state index in [0.717, 1.165) is 24.4 Å². The molecule has 6 nitrogen and oxygen atoms in total. The molecule has 2 N–H and O–H groups in total. The maximum absolute atomic E-state index is 12.9. The molecule has 30 heavy (non-hydrogen) atoms. The van der Waals surface area contributed by atoms with Gasteiger partial charge in [0.05, 0.1) is 12.1 Å². The largest absolute Gasteiger partial charge is 0.416 e. The van der Waals surface area contributed by atoms with E-state index in [2.05, 4.69) is 39.7 Å². The fourth-order valence-corrected chi connectivity index (χ4v) is 2.59. The molecule has 168 valence electrons. The SMILES string of the molecule is CCc1nncn1CCNC(=NCc1cccc(C(F)(F)F)c1)NC(C)C(C)C.I. The van der Waals surface area contributed by atoms with Gasteiger partial charge in [0.1, 0.15) is 12.2 Å². The normalized spacial score (nSPS) is 13.1. The van der Waals surface area contributed by atoms with Crippen LogP contribution < -0.4 is 10.6 Å². The molecule has 0 bridgehead atoms. The zero-order chi connectivity index (χ0) is 21.4. The Balaban J connectivity index is 0.00000450. The van der Waals surface area contributed by atoms with Crippen LogP contribution in [0.5, 0.6) is 0 Å². The fraction of sp³-hybridized carbons (Fsp3) is 0.550. The van der Waals surface area contributed by atoms with Gasteiger partial charge in [-0.25, -0.2) is 4.99 Å². The van der Waals surface area contributed by atoms with Crippen molar-refractivity contribution in [2.24, 2.45) is 10.9 Å². The number of nitrogens with zero attached hydrogens (tertiary/aromatic N) is 4. The Morgan fingerprint density at radius 1 is 1.23 bits per heavy atom. The number of alkyl halides is 3. The molecule has 2 aromatic rings. The summed E-state index contributed by atoms with van der Waals surface area (Å²) in [6, 6.07) is 5.41. The number of benzene rings is 1. The molecule has 0 radical (unpaired) electrons. The molecule has 2 rings (SSSR count). The number of guanidine groups is 1. The molecule has 1 atom stereocenters. The molecule has 0 amide bonds. The van der Waals surface area contributed by atoms with Gasteiger partial charge in [0.15, 0.2) is 5.96 Å². The van der Waals surface area contributed by atoms with Gasteiger partial charge in [0, 0.05) is 25.6 Å². The maximum Gasteiger partial charge on any atom is 0.416 e. The number of hydrogen-bond acceptors (Lipinski definition) is 3. The van der Waals surface area contributed by atoms with Crippen molar-refractivity contribution < 1.29 is 13.2 Å². The molecule has 1 aromatic carbocycles. The predicted octanol–water partition coefficient (Wildman–Crippen LogP) is 4.26. The quantitative estimate of drug-likeness (QED) is 0.300. The average molecular weight is 538 g/mol. The van der Waals surface area contributed by atoms with Crippen molar-refractivity contribution in [3.05, 3.63) is 47.5 Å². The second kappa shape index (κ2) is 12.1. The highest BCUT2D eigenvalue weighted by atomic mass is 127. The average Bonchev–Trinajstić information content (AvgIpc) is 3.12. The summed E-state index contributed by atoms with van der Waals surface area (Å²) in [7, 11) is 0. The lowest BCUT2D eigenvalue weighted by molar-refractivity contribution is -0.137. The van der Waals surface area contributed by atoms with Gasteiger partial charge in [0.2, 0.25) is 0 Å². The minimum absolute atomic E-state index is 0. The van der Waals surface area contributed by atoms with Crippen molar-refractivity contribution in [3.8, 4) is 0 Å². The van der Waals surface area contributed by atoms with Crippen LogP contribution >= 0.6 is 24.0 Å². The molecular weight excluding hydrogens is 508 g/mol. The second-order valence-corrected chi connectivity index (χ2v) is 7.26. The molecule has 1 heterocycles. The van der Waals surface area contributed by atoms with Crippen LogP contribution in [0.4, 0.5) is 13.2 Å². The number of aryl methyl sites for hydroxylation is 1. The fourth-order valence-electron chi connectivity index (χ4n) is 2.59. The van der Waals surface area contributed by atoms with Crippen LogP contribution in [0.1, 0.15) is 44.6 Å². The van der Waals surface area contributed by atoms with Gasteiger partial charge in [0.25, 0.3) is 0 Å². The molecule has 0 aliphatic heterocycles. The van der Waals surface area contributed by atoms with E-state index in [4.69, 9.17) is 0 Å². The Labute approximate surface area is 192 Å². The Morgan fingerprint density at radius 2 is 1.97 bits per heavy atom. The smallest absolute Gasteiger partial charge is 0.355 e. The van der Waals surface area contributed by atoms with Crippen LogP contribution in [-0.2, 0) is 25.7 Å². The highest BCUT2D eigenvalue weighted by Crippen LogP contribution is 2.29. The van der Waals surface area contributed by atoms with Crippen LogP contribution in [0.15, 0.2) is 35.6 Å². The Kier molecular flexibility index (Phi) is 10.6. The van der Waals surface area contributed by atoms with E-state index in [1.54, 1.807) is 12.4 Å². The van der Waals surface area contributed by atoms with Crippen LogP contribution in [0, 0.1) is 5.92 Å². The number of rotatable bonds is 8. The summed E-state index contributed by atoms with van der Waals surface area (Å²) in [5.41, 5.74) is -0.159. The molecule has 0 spiro atoms. The Hall–Kier alpha value is -1.85. The summed E-state index contributed by atoms with van der Waals surface area (Å²) in [6.45, 7) is 9.64. The van der Waals surface area contributed by atoms with Gasteiger partial charge in [-0.15, -0.1) is 34.2 Å². The van der Waals surface area contributed by atoms with Gasteiger partial charge >= 0.3 is 6.18 Å². The molecular formula is C20H30F3IN6. The molecule has 1 unspecified atom stereocenters. The molecule has 0 saturated heterocycles. The van der Waals surface area contributed by atoms with Crippen LogP contribution in [0.3, 0.4) is 0 Å². The molecule has 1 aromatic heterocycles. The Bertz CT molecular complexity index is 804. The lowest BCUT2D eigenvalue weighted by Gasteiger charge is -2.21. The highest BCUT2D eigenvalue weighted by molar-refractivity contribution is 14.0. The number of nitrogens with one attached hydrogen (secondary N) is 2. The van der Waals surface area contributed by atoms with Gasteiger partial charge in [-0.05, 0) is 30.5 Å². The van der Waals surface area contributed by atoms with Gasteiger partial charge in [-0.3, -0.25) is 0 Å². The van der Waals surface area contributed by atoms with Crippen molar-refractivity contribution in [2.45, 2.75) is 59.4 Å². The van der Waals surface area contributed by atoms with E-state index in [-0.39, 0.29) is 36.6 Å². The van der Waals surface area contributed by atoms with Gasteiger partial charge < -0.3 is 15.2 Å². The van der Waals surface area contributed by atoms with Crippen molar-refractivity contribution in [1.29, 1.82) is 0 Å². The number of aromatic nitrogens is 3. The first-order chi connectivity index (χ1) is 13.7. The second-order valence-electron chi connectivity index (χ2n) is 7.26. The van der Waals surface area contributed by atoms with Crippen molar-refractivity contribution in [1.82, 2.24) is 25.4 Å². The summed E-state index contributed by atoms with van der Waals surface area (Å²) in [4.78, 5) is 4.49. The van der Waals surface area contributed by atoms with E-state index in [1.165, 1.54) is 6.07 Å². The lowest BCUT2D eigenvalue weighted by atomic mass is 10.1.